The van der Waals surface area contributed by atoms with Gasteiger partial charge in [-0.2, -0.15) is 5.10 Å². The standard InChI is InChI=1S/C24H32N6O2/c1-4-7-10-18(22-19-11-8-9-12-21(19)30(31)32-22)16-27-29(6-3)24-20-13-15-28(14-5-2)23(20)25-17-26-24/h8-9,11-13,15-18,22,31H,4-7,10,14H2,1-3H3/b27-16+. The molecule has 1 N–H and O–H groups in total. The number of benzene rings is 1. The zero-order valence-corrected chi connectivity index (χ0v) is 19.1. The molecule has 170 valence electrons. The van der Waals surface area contributed by atoms with Crippen molar-refractivity contribution in [1.29, 1.82) is 0 Å². The van der Waals surface area contributed by atoms with E-state index >= 15 is 0 Å². The minimum absolute atomic E-state index is 0.0179. The van der Waals surface area contributed by atoms with Gasteiger partial charge in [-0.05, 0) is 31.9 Å². The Morgan fingerprint density at radius 2 is 2.03 bits per heavy atom. The molecule has 1 aromatic carbocycles. The van der Waals surface area contributed by atoms with Gasteiger partial charge in [-0.3, -0.25) is 5.21 Å². The topological polar surface area (TPSA) is 79.0 Å². The van der Waals surface area contributed by atoms with Crippen LogP contribution >= 0.6 is 0 Å². The average molecular weight is 437 g/mol. The molecule has 0 spiro atoms. The smallest absolute Gasteiger partial charge is 0.161 e. The van der Waals surface area contributed by atoms with E-state index < -0.39 is 0 Å². The first-order valence-electron chi connectivity index (χ1n) is 11.5. The number of hydrogen-bond donors (Lipinski definition) is 1. The van der Waals surface area contributed by atoms with Gasteiger partial charge in [0.15, 0.2) is 5.82 Å². The number of nitrogens with zero attached hydrogens (tertiary/aromatic N) is 6. The van der Waals surface area contributed by atoms with Crippen molar-refractivity contribution in [1.82, 2.24) is 14.5 Å². The van der Waals surface area contributed by atoms with E-state index in [9.17, 15) is 5.21 Å². The van der Waals surface area contributed by atoms with Gasteiger partial charge >= 0.3 is 0 Å². The number of unbranched alkanes of at least 4 members (excludes halogenated alkanes) is 1. The van der Waals surface area contributed by atoms with Crippen molar-refractivity contribution in [3.8, 4) is 0 Å². The van der Waals surface area contributed by atoms with Crippen LogP contribution in [0, 0.1) is 5.92 Å². The summed E-state index contributed by atoms with van der Waals surface area (Å²) in [7, 11) is 0. The summed E-state index contributed by atoms with van der Waals surface area (Å²) in [6.07, 6.45) is 9.44. The predicted octanol–water partition coefficient (Wildman–Crippen LogP) is 5.34. The number of aryl methyl sites for hydroxylation is 1. The lowest BCUT2D eigenvalue weighted by Gasteiger charge is -2.22. The molecule has 8 heteroatoms. The largest absolute Gasteiger partial charge is 0.332 e. The lowest BCUT2D eigenvalue weighted by molar-refractivity contribution is -0.0787. The SMILES string of the molecule is CCCCC(/C=N/N(CC)c1ncnc2c1ccn2CCC)C1ON(O)c2ccccc21. The summed E-state index contributed by atoms with van der Waals surface area (Å²) in [4.78, 5) is 14.8. The fourth-order valence-electron chi connectivity index (χ4n) is 4.25. The Kier molecular flexibility index (Phi) is 7.02. The van der Waals surface area contributed by atoms with E-state index in [1.807, 2.05) is 35.5 Å². The number of aromatic nitrogens is 3. The second-order valence-corrected chi connectivity index (χ2v) is 8.09. The van der Waals surface area contributed by atoms with Crippen LogP contribution in [-0.2, 0) is 11.4 Å². The van der Waals surface area contributed by atoms with Crippen molar-refractivity contribution in [3.63, 3.8) is 0 Å². The van der Waals surface area contributed by atoms with Crippen molar-refractivity contribution in [3.05, 3.63) is 48.4 Å². The second kappa shape index (κ2) is 10.1. The zero-order valence-electron chi connectivity index (χ0n) is 19.1. The van der Waals surface area contributed by atoms with Crippen molar-refractivity contribution in [2.45, 2.75) is 59.1 Å². The molecule has 0 saturated carbocycles. The minimum Gasteiger partial charge on any atom is -0.332 e. The van der Waals surface area contributed by atoms with Gasteiger partial charge in [0.1, 0.15) is 23.8 Å². The van der Waals surface area contributed by atoms with E-state index in [-0.39, 0.29) is 12.0 Å². The molecule has 0 saturated heterocycles. The fourth-order valence-corrected chi connectivity index (χ4v) is 4.25. The number of para-hydroxylation sites is 1. The molecule has 8 nitrogen and oxygen atoms in total. The Hall–Kier alpha value is -2.97. The average Bonchev–Trinajstić information content (AvgIpc) is 3.38. The highest BCUT2D eigenvalue weighted by Gasteiger charge is 2.34. The molecule has 0 bridgehead atoms. The van der Waals surface area contributed by atoms with Gasteiger partial charge in [0.05, 0.1) is 5.39 Å². The summed E-state index contributed by atoms with van der Waals surface area (Å²) in [6, 6.07) is 9.80. The fraction of sp³-hybridized carbons (Fsp3) is 0.458. The van der Waals surface area contributed by atoms with Gasteiger partial charge in [0.25, 0.3) is 0 Å². The summed E-state index contributed by atoms with van der Waals surface area (Å²) in [5.41, 5.74) is 2.60. The molecule has 4 rings (SSSR count). The van der Waals surface area contributed by atoms with Crippen LogP contribution in [0.5, 0.6) is 0 Å². The van der Waals surface area contributed by atoms with Crippen LogP contribution < -0.4 is 10.2 Å². The second-order valence-electron chi connectivity index (χ2n) is 8.09. The number of fused-ring (bicyclic) bond motifs is 2. The molecule has 1 aliphatic heterocycles. The van der Waals surface area contributed by atoms with Gasteiger partial charge in [-0.1, -0.05) is 44.9 Å². The maximum atomic E-state index is 10.2. The van der Waals surface area contributed by atoms with Crippen LogP contribution in [0.15, 0.2) is 48.0 Å². The first kappa shape index (κ1) is 22.2. The summed E-state index contributed by atoms with van der Waals surface area (Å²) in [5, 5.41) is 18.9. The lowest BCUT2D eigenvalue weighted by atomic mass is 9.92. The van der Waals surface area contributed by atoms with Gasteiger partial charge in [0.2, 0.25) is 0 Å². The Balaban J connectivity index is 1.63. The third-order valence-corrected chi connectivity index (χ3v) is 5.88. The molecule has 2 aromatic heterocycles. The Bertz CT molecular complexity index is 1070. The van der Waals surface area contributed by atoms with E-state index in [1.165, 1.54) is 0 Å². The first-order chi connectivity index (χ1) is 15.7. The minimum atomic E-state index is -0.277. The van der Waals surface area contributed by atoms with Gasteiger partial charge in [-0.15, -0.1) is 5.23 Å². The molecule has 0 radical (unpaired) electrons. The number of hydrogen-bond acceptors (Lipinski definition) is 7. The Labute approximate surface area is 189 Å². The molecule has 0 aliphatic carbocycles. The van der Waals surface area contributed by atoms with E-state index in [0.29, 0.717) is 12.2 Å². The van der Waals surface area contributed by atoms with E-state index in [4.69, 9.17) is 9.94 Å². The maximum Gasteiger partial charge on any atom is 0.161 e. The Morgan fingerprint density at radius 3 is 2.81 bits per heavy atom. The zero-order chi connectivity index (χ0) is 22.5. The number of hydrazone groups is 1. The van der Waals surface area contributed by atoms with Crippen LogP contribution in [0.3, 0.4) is 0 Å². The van der Waals surface area contributed by atoms with E-state index in [0.717, 1.165) is 59.9 Å². The summed E-state index contributed by atoms with van der Waals surface area (Å²) in [5.74, 6) is 0.818. The highest BCUT2D eigenvalue weighted by atomic mass is 16.9. The monoisotopic (exact) mass is 436 g/mol. The molecule has 1 aliphatic rings. The molecule has 2 unspecified atom stereocenters. The van der Waals surface area contributed by atoms with Crippen LogP contribution in [-0.4, -0.2) is 32.5 Å². The third-order valence-electron chi connectivity index (χ3n) is 5.88. The maximum absolute atomic E-state index is 10.2. The van der Waals surface area contributed by atoms with Crippen LogP contribution in [0.25, 0.3) is 11.0 Å². The quantitative estimate of drug-likeness (QED) is 0.341. The van der Waals surface area contributed by atoms with E-state index in [2.05, 4.69) is 47.6 Å². The molecule has 0 amide bonds. The highest BCUT2D eigenvalue weighted by molar-refractivity contribution is 5.88. The van der Waals surface area contributed by atoms with Crippen LogP contribution in [0.2, 0.25) is 0 Å². The number of rotatable bonds is 10. The van der Waals surface area contributed by atoms with Crippen LogP contribution in [0.4, 0.5) is 11.5 Å². The predicted molar refractivity (Wildman–Crippen MR) is 127 cm³/mol. The van der Waals surface area contributed by atoms with E-state index in [1.54, 1.807) is 6.33 Å². The normalized spacial score (nSPS) is 16.8. The van der Waals surface area contributed by atoms with Crippen molar-refractivity contribution < 1.29 is 10.0 Å². The van der Waals surface area contributed by atoms with Crippen molar-refractivity contribution in [2.75, 3.05) is 16.8 Å². The first-order valence-corrected chi connectivity index (χ1v) is 11.5. The molecular weight excluding hydrogens is 404 g/mol. The lowest BCUT2D eigenvalue weighted by Crippen LogP contribution is -2.22. The summed E-state index contributed by atoms with van der Waals surface area (Å²) in [6.45, 7) is 7.99. The van der Waals surface area contributed by atoms with Gasteiger partial charge < -0.3 is 4.57 Å². The Morgan fingerprint density at radius 1 is 1.19 bits per heavy atom. The number of anilines is 2. The highest BCUT2D eigenvalue weighted by Crippen LogP contribution is 2.41. The van der Waals surface area contributed by atoms with Crippen LogP contribution in [0.1, 0.15) is 58.1 Å². The molecule has 3 heterocycles. The summed E-state index contributed by atoms with van der Waals surface area (Å²) >= 11 is 0. The summed E-state index contributed by atoms with van der Waals surface area (Å²) < 4.78 is 2.15. The molecule has 3 aromatic rings. The van der Waals surface area contributed by atoms with Gasteiger partial charge in [0, 0.05) is 37.0 Å². The van der Waals surface area contributed by atoms with Crippen molar-refractivity contribution >= 4 is 28.8 Å². The molecular formula is C24H32N6O2. The molecule has 2 atom stereocenters. The third kappa shape index (κ3) is 4.33. The van der Waals surface area contributed by atoms with Crippen molar-refractivity contribution in [2.24, 2.45) is 11.0 Å². The molecule has 32 heavy (non-hydrogen) atoms. The molecule has 0 fully saturated rings. The van der Waals surface area contributed by atoms with Gasteiger partial charge in [-0.25, -0.2) is 19.8 Å².